The van der Waals surface area contributed by atoms with E-state index in [4.69, 9.17) is 4.74 Å². The molecule has 0 saturated heterocycles. The summed E-state index contributed by atoms with van der Waals surface area (Å²) in [6.07, 6.45) is 5.79. The standard InChI is InChI=1S/C18H27NO2/c1-4-5-14-7-6-13(2)12-17(14)18(20)19-15-8-10-16(21-3)11-9-15/h8-11,13-14,17H,4-7,12H2,1-3H3,(H,19,20)/t13-,14+,17-/m1/s1. The number of amides is 1. The molecule has 1 aliphatic carbocycles. The minimum absolute atomic E-state index is 0.163. The minimum atomic E-state index is 0.163. The van der Waals surface area contributed by atoms with Gasteiger partial charge in [-0.1, -0.05) is 26.7 Å². The third-order valence-corrected chi connectivity index (χ3v) is 4.61. The lowest BCUT2D eigenvalue weighted by Crippen LogP contribution is -2.34. The Balaban J connectivity index is 2.01. The number of carbonyl (C=O) groups is 1. The zero-order valence-corrected chi connectivity index (χ0v) is 13.4. The SMILES string of the molecule is CCC[C@H]1CC[C@@H](C)C[C@H]1C(=O)Nc1ccc(OC)cc1. The van der Waals surface area contributed by atoms with Gasteiger partial charge < -0.3 is 10.1 Å². The summed E-state index contributed by atoms with van der Waals surface area (Å²) in [6, 6.07) is 7.56. The van der Waals surface area contributed by atoms with E-state index in [-0.39, 0.29) is 11.8 Å². The molecule has 1 N–H and O–H groups in total. The maximum absolute atomic E-state index is 12.6. The number of rotatable bonds is 5. The molecule has 1 aromatic carbocycles. The summed E-state index contributed by atoms with van der Waals surface area (Å²) >= 11 is 0. The molecule has 1 amide bonds. The van der Waals surface area contributed by atoms with Crippen molar-refractivity contribution in [1.82, 2.24) is 0 Å². The summed E-state index contributed by atoms with van der Waals surface area (Å²) < 4.78 is 5.14. The molecule has 3 heteroatoms. The highest BCUT2D eigenvalue weighted by Gasteiger charge is 2.33. The maximum Gasteiger partial charge on any atom is 0.227 e. The van der Waals surface area contributed by atoms with E-state index in [0.29, 0.717) is 11.8 Å². The zero-order chi connectivity index (χ0) is 15.2. The van der Waals surface area contributed by atoms with Crippen LogP contribution in [0, 0.1) is 17.8 Å². The summed E-state index contributed by atoms with van der Waals surface area (Å²) in [4.78, 5) is 12.6. The molecule has 0 bridgehead atoms. The van der Waals surface area contributed by atoms with Gasteiger partial charge in [-0.05, 0) is 55.4 Å². The minimum Gasteiger partial charge on any atom is -0.497 e. The number of ether oxygens (including phenoxy) is 1. The van der Waals surface area contributed by atoms with Crippen LogP contribution in [0.15, 0.2) is 24.3 Å². The fourth-order valence-electron chi connectivity index (χ4n) is 3.39. The lowest BCUT2D eigenvalue weighted by atomic mass is 9.72. The Hall–Kier alpha value is -1.51. The molecule has 1 aliphatic rings. The lowest BCUT2D eigenvalue weighted by molar-refractivity contribution is -0.123. The van der Waals surface area contributed by atoms with Gasteiger partial charge in [-0.2, -0.15) is 0 Å². The number of benzene rings is 1. The first-order valence-corrected chi connectivity index (χ1v) is 8.09. The summed E-state index contributed by atoms with van der Waals surface area (Å²) in [7, 11) is 1.65. The van der Waals surface area contributed by atoms with Gasteiger partial charge in [0.2, 0.25) is 5.91 Å². The molecule has 2 rings (SSSR count). The zero-order valence-electron chi connectivity index (χ0n) is 13.4. The van der Waals surface area contributed by atoms with Crippen LogP contribution in [0.5, 0.6) is 5.75 Å². The van der Waals surface area contributed by atoms with Gasteiger partial charge >= 0.3 is 0 Å². The number of nitrogens with one attached hydrogen (secondary N) is 1. The second-order valence-electron chi connectivity index (χ2n) is 6.29. The molecule has 1 aromatic rings. The van der Waals surface area contributed by atoms with Crippen molar-refractivity contribution in [1.29, 1.82) is 0 Å². The molecule has 0 unspecified atom stereocenters. The summed E-state index contributed by atoms with van der Waals surface area (Å²) in [5.74, 6) is 2.36. The van der Waals surface area contributed by atoms with E-state index in [0.717, 1.165) is 30.7 Å². The van der Waals surface area contributed by atoms with E-state index in [1.807, 2.05) is 24.3 Å². The molecule has 3 atom stereocenters. The number of hydrogen-bond acceptors (Lipinski definition) is 2. The highest BCUT2D eigenvalue weighted by Crippen LogP contribution is 2.37. The van der Waals surface area contributed by atoms with Crippen LogP contribution in [-0.2, 0) is 4.79 Å². The normalized spacial score (nSPS) is 25.4. The first kappa shape index (κ1) is 15.9. The number of anilines is 1. The summed E-state index contributed by atoms with van der Waals surface area (Å²) in [5, 5.41) is 3.08. The molecule has 1 fully saturated rings. The van der Waals surface area contributed by atoms with Gasteiger partial charge in [0.1, 0.15) is 5.75 Å². The molecule has 0 spiro atoms. The third kappa shape index (κ3) is 4.23. The van der Waals surface area contributed by atoms with Gasteiger partial charge in [0.05, 0.1) is 7.11 Å². The second-order valence-corrected chi connectivity index (χ2v) is 6.29. The fraction of sp³-hybridized carbons (Fsp3) is 0.611. The Labute approximate surface area is 128 Å². The van der Waals surface area contributed by atoms with Crippen molar-refractivity contribution in [2.75, 3.05) is 12.4 Å². The van der Waals surface area contributed by atoms with Crippen LogP contribution in [0.3, 0.4) is 0 Å². The van der Waals surface area contributed by atoms with E-state index in [1.54, 1.807) is 7.11 Å². The second kappa shape index (κ2) is 7.48. The molecular weight excluding hydrogens is 262 g/mol. The van der Waals surface area contributed by atoms with Gasteiger partial charge in [0, 0.05) is 11.6 Å². The van der Waals surface area contributed by atoms with Gasteiger partial charge in [-0.25, -0.2) is 0 Å². The van der Waals surface area contributed by atoms with Crippen molar-refractivity contribution < 1.29 is 9.53 Å². The number of methoxy groups -OCH3 is 1. The Kier molecular flexibility index (Phi) is 5.66. The molecular formula is C18H27NO2. The molecule has 1 saturated carbocycles. The van der Waals surface area contributed by atoms with Crippen LogP contribution < -0.4 is 10.1 Å². The molecule has 0 radical (unpaired) electrons. The van der Waals surface area contributed by atoms with Crippen molar-refractivity contribution in [3.63, 3.8) is 0 Å². The smallest absolute Gasteiger partial charge is 0.227 e. The Morgan fingerprint density at radius 1 is 1.29 bits per heavy atom. The molecule has 0 heterocycles. The largest absolute Gasteiger partial charge is 0.497 e. The molecule has 3 nitrogen and oxygen atoms in total. The highest BCUT2D eigenvalue weighted by atomic mass is 16.5. The van der Waals surface area contributed by atoms with Gasteiger partial charge in [-0.15, -0.1) is 0 Å². The van der Waals surface area contributed by atoms with Crippen LogP contribution in [0.4, 0.5) is 5.69 Å². The van der Waals surface area contributed by atoms with Crippen molar-refractivity contribution in [3.05, 3.63) is 24.3 Å². The van der Waals surface area contributed by atoms with Gasteiger partial charge in [-0.3, -0.25) is 4.79 Å². The topological polar surface area (TPSA) is 38.3 Å². The van der Waals surface area contributed by atoms with Gasteiger partial charge in [0.15, 0.2) is 0 Å². The Morgan fingerprint density at radius 3 is 2.62 bits per heavy atom. The molecule has 0 aliphatic heterocycles. The van der Waals surface area contributed by atoms with Crippen molar-refractivity contribution >= 4 is 11.6 Å². The predicted molar refractivity (Wildman–Crippen MR) is 86.5 cm³/mol. The van der Waals surface area contributed by atoms with Crippen LogP contribution >= 0.6 is 0 Å². The number of carbonyl (C=O) groups excluding carboxylic acids is 1. The lowest BCUT2D eigenvalue weighted by Gasteiger charge is -2.34. The van der Waals surface area contributed by atoms with E-state index in [9.17, 15) is 4.79 Å². The molecule has 0 aromatic heterocycles. The molecule has 116 valence electrons. The summed E-state index contributed by atoms with van der Waals surface area (Å²) in [5.41, 5.74) is 0.856. The van der Waals surface area contributed by atoms with E-state index >= 15 is 0 Å². The maximum atomic E-state index is 12.6. The first-order chi connectivity index (χ1) is 10.1. The summed E-state index contributed by atoms with van der Waals surface area (Å²) in [6.45, 7) is 4.46. The van der Waals surface area contributed by atoms with Crippen LogP contribution in [0.25, 0.3) is 0 Å². The van der Waals surface area contributed by atoms with Gasteiger partial charge in [0.25, 0.3) is 0 Å². The Bertz CT molecular complexity index is 455. The van der Waals surface area contributed by atoms with Crippen molar-refractivity contribution in [2.45, 2.75) is 46.0 Å². The quantitative estimate of drug-likeness (QED) is 0.867. The predicted octanol–water partition coefficient (Wildman–Crippen LogP) is 4.49. The highest BCUT2D eigenvalue weighted by molar-refractivity contribution is 5.92. The number of hydrogen-bond donors (Lipinski definition) is 1. The average molecular weight is 289 g/mol. The third-order valence-electron chi connectivity index (χ3n) is 4.61. The van der Waals surface area contributed by atoms with Crippen molar-refractivity contribution in [2.24, 2.45) is 17.8 Å². The fourth-order valence-corrected chi connectivity index (χ4v) is 3.39. The first-order valence-electron chi connectivity index (χ1n) is 8.09. The van der Waals surface area contributed by atoms with Crippen LogP contribution in [0.2, 0.25) is 0 Å². The van der Waals surface area contributed by atoms with Crippen LogP contribution in [0.1, 0.15) is 46.0 Å². The monoisotopic (exact) mass is 289 g/mol. The van der Waals surface area contributed by atoms with Crippen molar-refractivity contribution in [3.8, 4) is 5.75 Å². The average Bonchev–Trinajstić information content (AvgIpc) is 2.50. The molecule has 21 heavy (non-hydrogen) atoms. The van der Waals surface area contributed by atoms with Crippen LogP contribution in [-0.4, -0.2) is 13.0 Å². The Morgan fingerprint density at radius 2 is 2.00 bits per heavy atom. The van der Waals surface area contributed by atoms with E-state index in [1.165, 1.54) is 12.8 Å². The van der Waals surface area contributed by atoms with E-state index in [2.05, 4.69) is 19.2 Å². The van der Waals surface area contributed by atoms with E-state index < -0.39 is 0 Å².